The second kappa shape index (κ2) is 3.07. The topological polar surface area (TPSA) is 63.3 Å². The SMILES string of the molecule is CC([SeH])C(N)C(=O)O. The number of carboxylic acid groups (broad SMARTS) is 1. The Labute approximate surface area is 56.1 Å². The predicted octanol–water partition coefficient (Wildman–Crippen LogP) is -0.893. The van der Waals surface area contributed by atoms with Gasteiger partial charge < -0.3 is 0 Å². The quantitative estimate of drug-likeness (QED) is 0.544. The van der Waals surface area contributed by atoms with Crippen LogP contribution in [0.15, 0.2) is 0 Å². The number of hydrogen-bond donors (Lipinski definition) is 2. The van der Waals surface area contributed by atoms with E-state index in [0.717, 1.165) is 0 Å². The Morgan fingerprint density at radius 2 is 2.25 bits per heavy atom. The number of carboxylic acids is 1. The first-order valence-corrected chi connectivity index (χ1v) is 3.30. The molecule has 2 unspecified atom stereocenters. The van der Waals surface area contributed by atoms with Crippen LogP contribution in [-0.2, 0) is 4.79 Å². The molecule has 4 heteroatoms. The molecule has 0 aromatic heterocycles. The molecule has 0 saturated carbocycles. The van der Waals surface area contributed by atoms with Gasteiger partial charge in [0.25, 0.3) is 0 Å². The van der Waals surface area contributed by atoms with Crippen molar-refractivity contribution in [2.75, 3.05) is 0 Å². The van der Waals surface area contributed by atoms with E-state index in [-0.39, 0.29) is 4.82 Å². The van der Waals surface area contributed by atoms with Crippen LogP contribution in [-0.4, -0.2) is 33.1 Å². The summed E-state index contributed by atoms with van der Waals surface area (Å²) in [5.41, 5.74) is 5.14. The summed E-state index contributed by atoms with van der Waals surface area (Å²) in [6, 6.07) is -0.741. The van der Waals surface area contributed by atoms with Gasteiger partial charge in [0.05, 0.1) is 0 Å². The second-order valence-electron chi connectivity index (χ2n) is 1.60. The average molecular weight is 182 g/mol. The summed E-state index contributed by atoms with van der Waals surface area (Å²) >= 11 is 2.20. The maximum absolute atomic E-state index is 10.0. The minimum absolute atomic E-state index is 0.0417. The van der Waals surface area contributed by atoms with Crippen molar-refractivity contribution in [2.45, 2.75) is 17.8 Å². The van der Waals surface area contributed by atoms with Gasteiger partial charge in [0.1, 0.15) is 0 Å². The molecule has 2 atom stereocenters. The summed E-state index contributed by atoms with van der Waals surface area (Å²) in [4.78, 5) is 9.96. The summed E-state index contributed by atoms with van der Waals surface area (Å²) in [5, 5.41) is 8.22. The fourth-order valence-corrected chi connectivity index (χ4v) is 0.474. The van der Waals surface area contributed by atoms with Crippen LogP contribution >= 0.6 is 0 Å². The van der Waals surface area contributed by atoms with E-state index in [2.05, 4.69) is 16.0 Å². The molecular formula is C4H9NO2Se. The molecule has 0 saturated heterocycles. The van der Waals surface area contributed by atoms with Gasteiger partial charge in [-0.05, 0) is 0 Å². The van der Waals surface area contributed by atoms with Gasteiger partial charge in [-0.3, -0.25) is 0 Å². The molecule has 0 radical (unpaired) electrons. The fourth-order valence-electron chi connectivity index (χ4n) is 0.206. The Kier molecular flexibility index (Phi) is 3.05. The fraction of sp³-hybridized carbons (Fsp3) is 0.750. The van der Waals surface area contributed by atoms with Crippen molar-refractivity contribution in [1.82, 2.24) is 0 Å². The number of nitrogens with two attached hydrogens (primary N) is 1. The van der Waals surface area contributed by atoms with Crippen LogP contribution in [0, 0.1) is 0 Å². The molecule has 0 spiro atoms. The standard InChI is InChI=1S/C4H9NO2Se/c1-2(8)3(5)4(6)7/h2-3,8H,5H2,1H3,(H,6,7). The van der Waals surface area contributed by atoms with E-state index < -0.39 is 12.0 Å². The molecule has 0 aromatic carbocycles. The van der Waals surface area contributed by atoms with Crippen LogP contribution in [0.1, 0.15) is 6.92 Å². The second-order valence-corrected chi connectivity index (χ2v) is 3.31. The van der Waals surface area contributed by atoms with E-state index in [1.807, 2.05) is 0 Å². The minimum atomic E-state index is -0.946. The molecule has 0 amide bonds. The Balaban J connectivity index is 3.64. The monoisotopic (exact) mass is 183 g/mol. The number of hydrogen-bond acceptors (Lipinski definition) is 2. The number of rotatable bonds is 2. The van der Waals surface area contributed by atoms with Crippen LogP contribution in [0.3, 0.4) is 0 Å². The molecule has 3 nitrogen and oxygen atoms in total. The summed E-state index contributed by atoms with van der Waals surface area (Å²) in [7, 11) is 0. The van der Waals surface area contributed by atoms with E-state index in [1.54, 1.807) is 6.92 Å². The first-order chi connectivity index (χ1) is 3.55. The summed E-state index contributed by atoms with van der Waals surface area (Å²) in [6.45, 7) is 1.75. The number of carbonyl (C=O) groups is 1. The van der Waals surface area contributed by atoms with E-state index >= 15 is 0 Å². The van der Waals surface area contributed by atoms with Crippen molar-refractivity contribution in [3.8, 4) is 0 Å². The van der Waals surface area contributed by atoms with Crippen LogP contribution in [0.5, 0.6) is 0 Å². The maximum atomic E-state index is 10.0. The molecule has 0 rings (SSSR count). The summed E-state index contributed by atoms with van der Waals surface area (Å²) < 4.78 is 0. The van der Waals surface area contributed by atoms with Gasteiger partial charge >= 0.3 is 55.4 Å². The Bertz CT molecular complexity index is 94.0. The van der Waals surface area contributed by atoms with Crippen LogP contribution < -0.4 is 5.73 Å². The van der Waals surface area contributed by atoms with Crippen molar-refractivity contribution in [2.24, 2.45) is 5.73 Å². The third-order valence-corrected chi connectivity index (χ3v) is 1.48. The molecule has 0 aliphatic heterocycles. The van der Waals surface area contributed by atoms with Crippen molar-refractivity contribution in [3.63, 3.8) is 0 Å². The molecule has 0 heterocycles. The van der Waals surface area contributed by atoms with Crippen LogP contribution in [0.25, 0.3) is 0 Å². The van der Waals surface area contributed by atoms with Gasteiger partial charge in [-0.25, -0.2) is 0 Å². The molecule has 48 valence electrons. The molecular weight excluding hydrogens is 173 g/mol. The van der Waals surface area contributed by atoms with E-state index in [0.29, 0.717) is 0 Å². The third kappa shape index (κ3) is 2.31. The van der Waals surface area contributed by atoms with Gasteiger partial charge in [0.2, 0.25) is 0 Å². The predicted molar refractivity (Wildman–Crippen MR) is 32.2 cm³/mol. The zero-order valence-electron chi connectivity index (χ0n) is 4.53. The zero-order valence-corrected chi connectivity index (χ0v) is 6.41. The molecule has 0 aliphatic rings. The first-order valence-electron chi connectivity index (χ1n) is 2.22. The number of aliphatic carboxylic acids is 1. The third-order valence-electron chi connectivity index (χ3n) is 0.805. The van der Waals surface area contributed by atoms with Gasteiger partial charge in [-0.15, -0.1) is 0 Å². The molecule has 3 N–H and O–H groups in total. The first kappa shape index (κ1) is 7.95. The molecule has 0 aromatic rings. The molecule has 0 aliphatic carbocycles. The van der Waals surface area contributed by atoms with Gasteiger partial charge in [0.15, 0.2) is 0 Å². The van der Waals surface area contributed by atoms with E-state index in [4.69, 9.17) is 10.8 Å². The Morgan fingerprint density at radius 1 is 1.88 bits per heavy atom. The molecule has 0 fully saturated rings. The van der Waals surface area contributed by atoms with Gasteiger partial charge in [-0.2, -0.15) is 0 Å². The Morgan fingerprint density at radius 3 is 2.25 bits per heavy atom. The van der Waals surface area contributed by atoms with Gasteiger partial charge in [0, 0.05) is 0 Å². The van der Waals surface area contributed by atoms with Crippen LogP contribution in [0.4, 0.5) is 0 Å². The van der Waals surface area contributed by atoms with Crippen molar-refractivity contribution in [1.29, 1.82) is 0 Å². The van der Waals surface area contributed by atoms with Crippen molar-refractivity contribution >= 4 is 22.0 Å². The van der Waals surface area contributed by atoms with E-state index in [1.165, 1.54) is 0 Å². The van der Waals surface area contributed by atoms with E-state index in [9.17, 15) is 4.79 Å². The zero-order chi connectivity index (χ0) is 6.73. The van der Waals surface area contributed by atoms with Gasteiger partial charge in [-0.1, -0.05) is 0 Å². The molecule has 8 heavy (non-hydrogen) atoms. The normalized spacial score (nSPS) is 17.4. The summed E-state index contributed by atoms with van der Waals surface area (Å²) in [5.74, 6) is -0.946. The summed E-state index contributed by atoms with van der Waals surface area (Å²) in [6.07, 6.45) is 0. The molecule has 0 bridgehead atoms. The van der Waals surface area contributed by atoms with Crippen molar-refractivity contribution in [3.05, 3.63) is 0 Å². The van der Waals surface area contributed by atoms with Crippen LogP contribution in [0.2, 0.25) is 4.82 Å². The average Bonchev–Trinajstić information content (AvgIpc) is 1.64. The van der Waals surface area contributed by atoms with Crippen molar-refractivity contribution < 1.29 is 9.90 Å². The Hall–Kier alpha value is -0.0505.